The Kier molecular flexibility index (Phi) is 7.71. The number of nitrogens with one attached hydrogen (secondary N) is 1. The van der Waals surface area contributed by atoms with Crippen LogP contribution in [0.1, 0.15) is 32.1 Å². The molecule has 0 spiro atoms. The maximum absolute atomic E-state index is 13.0. The van der Waals surface area contributed by atoms with Crippen molar-refractivity contribution in [3.05, 3.63) is 0 Å². The molecule has 1 unspecified atom stereocenters. The highest BCUT2D eigenvalue weighted by molar-refractivity contribution is 5.79. The van der Waals surface area contributed by atoms with Gasteiger partial charge in [0.1, 0.15) is 0 Å². The first-order valence-electron chi connectivity index (χ1n) is 11.0. The van der Waals surface area contributed by atoms with Crippen LogP contribution in [0, 0.1) is 5.92 Å². The minimum absolute atomic E-state index is 0.0685. The predicted octanol–water partition coefficient (Wildman–Crippen LogP) is -0.478. The smallest absolute Gasteiger partial charge is 0.312 e. The number of likely N-dealkylation sites (N-methyl/N-ethyl adjacent to an activating group) is 1. The summed E-state index contributed by atoms with van der Waals surface area (Å²) in [6.45, 7) is 7.29. The van der Waals surface area contributed by atoms with Crippen LogP contribution < -0.4 is 11.1 Å². The number of piperidine rings is 2. The molecular formula is C20H36N6O3. The number of hydrogen-bond donors (Lipinski definition) is 2. The summed E-state index contributed by atoms with van der Waals surface area (Å²) in [6.07, 6.45) is 4.25. The lowest BCUT2D eigenvalue weighted by molar-refractivity contribution is -0.139. The van der Waals surface area contributed by atoms with Crippen molar-refractivity contribution in [1.29, 1.82) is 0 Å². The number of piperazine rings is 1. The summed E-state index contributed by atoms with van der Waals surface area (Å²) in [7, 11) is 2.11. The zero-order valence-electron chi connectivity index (χ0n) is 17.6. The largest absolute Gasteiger partial charge is 0.352 e. The molecule has 0 aliphatic carbocycles. The molecule has 3 aliphatic rings. The molecule has 3 rings (SSSR count). The van der Waals surface area contributed by atoms with E-state index < -0.39 is 6.03 Å². The predicted molar refractivity (Wildman–Crippen MR) is 110 cm³/mol. The maximum Gasteiger partial charge on any atom is 0.312 e. The van der Waals surface area contributed by atoms with Gasteiger partial charge in [-0.15, -0.1) is 0 Å². The van der Waals surface area contributed by atoms with E-state index in [2.05, 4.69) is 27.1 Å². The number of likely N-dealkylation sites (tertiary alicyclic amines) is 2. The molecule has 0 bridgehead atoms. The first-order valence-corrected chi connectivity index (χ1v) is 11.0. The summed E-state index contributed by atoms with van der Waals surface area (Å²) in [5.41, 5.74) is 5.03. The van der Waals surface area contributed by atoms with Gasteiger partial charge in [0.2, 0.25) is 11.8 Å². The van der Waals surface area contributed by atoms with Crippen LogP contribution in [0.2, 0.25) is 0 Å². The number of primary amides is 1. The van der Waals surface area contributed by atoms with Gasteiger partial charge in [0.15, 0.2) is 0 Å². The van der Waals surface area contributed by atoms with Gasteiger partial charge < -0.3 is 25.8 Å². The zero-order valence-corrected chi connectivity index (χ0v) is 17.6. The normalized spacial score (nSPS) is 25.1. The Morgan fingerprint density at radius 1 is 0.931 bits per heavy atom. The molecule has 0 saturated carbocycles. The summed E-state index contributed by atoms with van der Waals surface area (Å²) < 4.78 is 0. The number of amides is 4. The van der Waals surface area contributed by atoms with Crippen molar-refractivity contribution in [2.24, 2.45) is 11.7 Å². The Morgan fingerprint density at radius 2 is 1.62 bits per heavy atom. The third-order valence-corrected chi connectivity index (χ3v) is 6.59. The first-order chi connectivity index (χ1) is 13.9. The summed E-state index contributed by atoms with van der Waals surface area (Å²) >= 11 is 0. The van der Waals surface area contributed by atoms with Crippen LogP contribution >= 0.6 is 0 Å². The lowest BCUT2D eigenvalue weighted by atomic mass is 9.92. The van der Waals surface area contributed by atoms with Crippen molar-refractivity contribution in [2.45, 2.75) is 38.1 Å². The van der Waals surface area contributed by atoms with Crippen LogP contribution in [0.4, 0.5) is 4.79 Å². The second-order valence-corrected chi connectivity index (χ2v) is 8.62. The lowest BCUT2D eigenvalue weighted by Gasteiger charge is -2.43. The molecule has 0 radical (unpaired) electrons. The van der Waals surface area contributed by atoms with Crippen LogP contribution in [0.5, 0.6) is 0 Å². The minimum Gasteiger partial charge on any atom is -0.352 e. The highest BCUT2D eigenvalue weighted by Crippen LogP contribution is 2.25. The molecule has 3 heterocycles. The van der Waals surface area contributed by atoms with Crippen LogP contribution in [0.3, 0.4) is 0 Å². The molecule has 0 aromatic carbocycles. The molecule has 4 amide bonds. The fraction of sp³-hybridized carbons (Fsp3) is 0.850. The Labute approximate surface area is 173 Å². The highest BCUT2D eigenvalue weighted by Gasteiger charge is 2.34. The van der Waals surface area contributed by atoms with E-state index in [1.807, 2.05) is 4.90 Å². The second kappa shape index (κ2) is 10.2. The lowest BCUT2D eigenvalue weighted by Crippen LogP contribution is -2.54. The van der Waals surface area contributed by atoms with Gasteiger partial charge in [0.25, 0.3) is 0 Å². The SMILES string of the molecule is CN1CCN(C(=O)C2CCCN(C3CCN(C(=O)CCNC(N)=O)CC3)C2)CC1. The summed E-state index contributed by atoms with van der Waals surface area (Å²) in [6, 6.07) is -0.145. The van der Waals surface area contributed by atoms with Crippen molar-refractivity contribution in [3.8, 4) is 0 Å². The van der Waals surface area contributed by atoms with Gasteiger partial charge in [-0.3, -0.25) is 14.5 Å². The fourth-order valence-corrected chi connectivity index (χ4v) is 4.76. The van der Waals surface area contributed by atoms with Crippen molar-refractivity contribution < 1.29 is 14.4 Å². The van der Waals surface area contributed by atoms with Crippen molar-refractivity contribution in [3.63, 3.8) is 0 Å². The van der Waals surface area contributed by atoms with E-state index in [1.165, 1.54) is 0 Å². The number of nitrogens with zero attached hydrogens (tertiary/aromatic N) is 4. The minimum atomic E-state index is -0.595. The second-order valence-electron chi connectivity index (χ2n) is 8.62. The van der Waals surface area contributed by atoms with Crippen molar-refractivity contribution in [1.82, 2.24) is 24.9 Å². The maximum atomic E-state index is 13.0. The molecule has 0 aromatic heterocycles. The number of rotatable bonds is 5. The van der Waals surface area contributed by atoms with Crippen molar-refractivity contribution in [2.75, 3.05) is 66.0 Å². The molecule has 9 heteroatoms. The fourth-order valence-electron chi connectivity index (χ4n) is 4.76. The van der Waals surface area contributed by atoms with Crippen LogP contribution in [-0.4, -0.2) is 109 Å². The standard InChI is InChI=1S/C20H36N6O3/c1-23-11-13-25(14-12-23)19(28)16-3-2-8-26(15-16)17-5-9-24(10-6-17)18(27)4-7-22-20(21)29/h16-17H,2-15H2,1H3,(H3,21,22,29). The number of hydrogen-bond acceptors (Lipinski definition) is 5. The first kappa shape index (κ1) is 21.8. The zero-order chi connectivity index (χ0) is 20.8. The van der Waals surface area contributed by atoms with E-state index in [4.69, 9.17) is 5.73 Å². The number of carbonyl (C=O) groups is 3. The van der Waals surface area contributed by atoms with Gasteiger partial charge in [0, 0.05) is 64.8 Å². The van der Waals surface area contributed by atoms with Gasteiger partial charge in [-0.25, -0.2) is 4.79 Å². The third-order valence-electron chi connectivity index (χ3n) is 6.59. The van der Waals surface area contributed by atoms with E-state index in [-0.39, 0.29) is 18.4 Å². The number of nitrogens with two attached hydrogens (primary N) is 1. The Morgan fingerprint density at radius 3 is 2.28 bits per heavy atom. The molecule has 3 aliphatic heterocycles. The Balaban J connectivity index is 1.43. The van der Waals surface area contributed by atoms with Crippen LogP contribution in [0.15, 0.2) is 0 Å². The summed E-state index contributed by atoms with van der Waals surface area (Å²) in [5.74, 6) is 0.517. The molecule has 164 valence electrons. The number of carbonyl (C=O) groups excluding carboxylic acids is 3. The topological polar surface area (TPSA) is 102 Å². The van der Waals surface area contributed by atoms with Gasteiger partial charge in [-0.2, -0.15) is 0 Å². The molecule has 0 aromatic rings. The Hall–Kier alpha value is -1.87. The average molecular weight is 409 g/mol. The van der Waals surface area contributed by atoms with E-state index in [9.17, 15) is 14.4 Å². The van der Waals surface area contributed by atoms with E-state index >= 15 is 0 Å². The molecule has 3 fully saturated rings. The van der Waals surface area contributed by atoms with Gasteiger partial charge >= 0.3 is 6.03 Å². The summed E-state index contributed by atoms with van der Waals surface area (Å²) in [5, 5.41) is 2.47. The van der Waals surface area contributed by atoms with Crippen LogP contribution in [-0.2, 0) is 9.59 Å². The molecule has 3 N–H and O–H groups in total. The van der Waals surface area contributed by atoms with Gasteiger partial charge in [0.05, 0.1) is 5.92 Å². The molecule has 9 nitrogen and oxygen atoms in total. The number of urea groups is 1. The Bertz CT molecular complexity index is 585. The molecule has 29 heavy (non-hydrogen) atoms. The van der Waals surface area contributed by atoms with Crippen LogP contribution in [0.25, 0.3) is 0 Å². The monoisotopic (exact) mass is 408 g/mol. The van der Waals surface area contributed by atoms with E-state index in [1.54, 1.807) is 0 Å². The third kappa shape index (κ3) is 6.05. The van der Waals surface area contributed by atoms with E-state index in [0.29, 0.717) is 18.4 Å². The molecular weight excluding hydrogens is 372 g/mol. The van der Waals surface area contributed by atoms with Crippen molar-refractivity contribution >= 4 is 17.8 Å². The van der Waals surface area contributed by atoms with Gasteiger partial charge in [-0.1, -0.05) is 0 Å². The summed E-state index contributed by atoms with van der Waals surface area (Å²) in [4.78, 5) is 44.6. The average Bonchev–Trinajstić information content (AvgIpc) is 2.73. The quantitative estimate of drug-likeness (QED) is 0.640. The van der Waals surface area contributed by atoms with E-state index in [0.717, 1.165) is 78.0 Å². The molecule has 1 atom stereocenters. The van der Waals surface area contributed by atoms with Gasteiger partial charge in [-0.05, 0) is 39.3 Å². The molecule has 3 saturated heterocycles. The highest BCUT2D eigenvalue weighted by atomic mass is 16.2.